The van der Waals surface area contributed by atoms with Crippen molar-refractivity contribution < 1.29 is 18.4 Å². The van der Waals surface area contributed by atoms with Gasteiger partial charge in [-0.3, -0.25) is 19.4 Å². The van der Waals surface area contributed by atoms with Gasteiger partial charge in [-0.05, 0) is 25.1 Å². The molecule has 0 saturated carbocycles. The van der Waals surface area contributed by atoms with E-state index in [0.717, 1.165) is 23.9 Å². The zero-order chi connectivity index (χ0) is 24.1. The molecule has 0 aliphatic heterocycles. The lowest BCUT2D eigenvalue weighted by atomic mass is 10.1. The van der Waals surface area contributed by atoms with Gasteiger partial charge in [-0.1, -0.05) is 49.9 Å². The Morgan fingerprint density at radius 3 is 2.24 bits per heavy atom. The van der Waals surface area contributed by atoms with E-state index in [1.165, 1.54) is 13.0 Å². The largest absolute Gasteiger partial charge is 0.325 e. The van der Waals surface area contributed by atoms with Gasteiger partial charge < -0.3 is 10.6 Å². The highest BCUT2D eigenvalue weighted by molar-refractivity contribution is 8.00. The third-order valence-corrected chi connectivity index (χ3v) is 5.48. The van der Waals surface area contributed by atoms with Gasteiger partial charge in [-0.25, -0.2) is 8.78 Å². The Labute approximate surface area is 192 Å². The molecule has 1 atom stereocenters. The van der Waals surface area contributed by atoms with Crippen LogP contribution in [0.2, 0.25) is 0 Å². The second-order valence-electron chi connectivity index (χ2n) is 7.34. The van der Waals surface area contributed by atoms with Gasteiger partial charge in [0.1, 0.15) is 17.3 Å². The summed E-state index contributed by atoms with van der Waals surface area (Å²) in [7, 11) is 0. The summed E-state index contributed by atoms with van der Waals surface area (Å²) in [6.07, 6.45) is 0. The van der Waals surface area contributed by atoms with Gasteiger partial charge in [-0.2, -0.15) is 0 Å². The first-order valence-electron chi connectivity index (χ1n) is 9.96. The van der Waals surface area contributed by atoms with Gasteiger partial charge >= 0.3 is 0 Å². The SMILES string of the molecule is CC(C)C(=O)Nc1ccccc1-c1nnc(S[C@H](C)C(=O)Nc2c(F)cccc2F)[nH]c1=O. The number of aromatic amines is 1. The summed E-state index contributed by atoms with van der Waals surface area (Å²) in [5, 5.41) is 12.1. The summed E-state index contributed by atoms with van der Waals surface area (Å²) in [5.41, 5.74) is -0.338. The highest BCUT2D eigenvalue weighted by atomic mass is 32.2. The standard InChI is InChI=1S/C22H21F2N5O3S/c1-11(2)19(30)25-16-10-5-4-7-13(16)17-21(32)27-22(29-28-17)33-12(3)20(31)26-18-14(23)8-6-9-15(18)24/h4-12H,1-3H3,(H,25,30)(H,26,31)(H,27,29,32)/t12-/m1/s1. The van der Waals surface area contributed by atoms with Crippen molar-refractivity contribution in [2.45, 2.75) is 31.2 Å². The van der Waals surface area contributed by atoms with E-state index < -0.39 is 34.0 Å². The Morgan fingerprint density at radius 2 is 1.61 bits per heavy atom. The summed E-state index contributed by atoms with van der Waals surface area (Å²) in [6, 6.07) is 9.92. The highest BCUT2D eigenvalue weighted by Crippen LogP contribution is 2.26. The minimum absolute atomic E-state index is 0.00969. The summed E-state index contributed by atoms with van der Waals surface area (Å²) >= 11 is 0.864. The minimum Gasteiger partial charge on any atom is -0.325 e. The van der Waals surface area contributed by atoms with Crippen LogP contribution in [-0.4, -0.2) is 32.2 Å². The van der Waals surface area contributed by atoms with E-state index >= 15 is 0 Å². The molecule has 0 saturated heterocycles. The van der Waals surface area contributed by atoms with Crippen molar-refractivity contribution in [1.82, 2.24) is 15.2 Å². The molecule has 2 aromatic carbocycles. The first-order valence-corrected chi connectivity index (χ1v) is 10.8. The third kappa shape index (κ3) is 5.80. The Morgan fingerprint density at radius 1 is 0.939 bits per heavy atom. The fraction of sp³-hybridized carbons (Fsp3) is 0.227. The van der Waals surface area contributed by atoms with Crippen molar-refractivity contribution in [3.63, 3.8) is 0 Å². The van der Waals surface area contributed by atoms with Crippen LogP contribution in [0.1, 0.15) is 20.8 Å². The maximum absolute atomic E-state index is 13.8. The number of carbonyl (C=O) groups is 2. The molecule has 2 amide bonds. The lowest BCUT2D eigenvalue weighted by Gasteiger charge is -2.13. The van der Waals surface area contributed by atoms with Crippen LogP contribution in [0.4, 0.5) is 20.2 Å². The lowest BCUT2D eigenvalue weighted by Crippen LogP contribution is -2.25. The van der Waals surface area contributed by atoms with E-state index in [0.29, 0.717) is 11.3 Å². The van der Waals surface area contributed by atoms with Crippen LogP contribution in [0.25, 0.3) is 11.3 Å². The maximum atomic E-state index is 13.8. The second-order valence-corrected chi connectivity index (χ2v) is 8.67. The Kier molecular flexibility index (Phi) is 7.54. The summed E-state index contributed by atoms with van der Waals surface area (Å²) in [5.74, 6) is -2.96. The van der Waals surface area contributed by atoms with Crippen molar-refractivity contribution in [3.8, 4) is 11.3 Å². The fourth-order valence-electron chi connectivity index (χ4n) is 2.69. The predicted octanol–water partition coefficient (Wildman–Crippen LogP) is 3.82. The molecule has 0 radical (unpaired) electrons. The van der Waals surface area contributed by atoms with Crippen LogP contribution in [0.15, 0.2) is 52.4 Å². The highest BCUT2D eigenvalue weighted by Gasteiger charge is 2.21. The minimum atomic E-state index is -0.902. The van der Waals surface area contributed by atoms with Crippen LogP contribution in [0.3, 0.4) is 0 Å². The number of carbonyl (C=O) groups excluding carboxylic acids is 2. The van der Waals surface area contributed by atoms with Gasteiger partial charge in [0.15, 0.2) is 10.9 Å². The number of hydrogen-bond acceptors (Lipinski definition) is 6. The number of hydrogen-bond donors (Lipinski definition) is 3. The topological polar surface area (TPSA) is 117 Å². The average Bonchev–Trinajstić information content (AvgIpc) is 2.77. The Hall–Kier alpha value is -3.60. The fourth-order valence-corrected chi connectivity index (χ4v) is 3.43. The third-order valence-electron chi connectivity index (χ3n) is 4.51. The smallest absolute Gasteiger partial charge is 0.278 e. The number of anilines is 2. The van der Waals surface area contributed by atoms with E-state index in [9.17, 15) is 23.2 Å². The maximum Gasteiger partial charge on any atom is 0.278 e. The number of thioether (sulfide) groups is 1. The number of H-pyrrole nitrogens is 1. The number of aromatic nitrogens is 3. The number of amides is 2. The Bertz CT molecular complexity index is 1230. The van der Waals surface area contributed by atoms with Crippen molar-refractivity contribution in [2.75, 3.05) is 10.6 Å². The summed E-state index contributed by atoms with van der Waals surface area (Å²) in [6.45, 7) is 4.98. The molecular weight excluding hydrogens is 452 g/mol. The molecular formula is C22H21F2N5O3S. The molecule has 0 unspecified atom stereocenters. The molecule has 0 aliphatic carbocycles. The lowest BCUT2D eigenvalue weighted by molar-refractivity contribution is -0.119. The van der Waals surface area contributed by atoms with Gasteiger partial charge in [0, 0.05) is 11.5 Å². The van der Waals surface area contributed by atoms with Gasteiger partial charge in [0.25, 0.3) is 5.56 Å². The molecule has 3 rings (SSSR count). The van der Waals surface area contributed by atoms with Crippen molar-refractivity contribution in [1.29, 1.82) is 0 Å². The number of rotatable bonds is 7. The molecule has 8 nitrogen and oxygen atoms in total. The van der Waals surface area contributed by atoms with Crippen LogP contribution >= 0.6 is 11.8 Å². The van der Waals surface area contributed by atoms with Gasteiger partial charge in [-0.15, -0.1) is 10.2 Å². The summed E-state index contributed by atoms with van der Waals surface area (Å²) < 4.78 is 27.5. The van der Waals surface area contributed by atoms with Crippen molar-refractivity contribution >= 4 is 35.0 Å². The summed E-state index contributed by atoms with van der Waals surface area (Å²) in [4.78, 5) is 39.6. The van der Waals surface area contributed by atoms with E-state index in [4.69, 9.17) is 0 Å². The monoisotopic (exact) mass is 473 g/mol. The predicted molar refractivity (Wildman–Crippen MR) is 122 cm³/mol. The van der Waals surface area contributed by atoms with Crippen molar-refractivity contribution in [3.05, 3.63) is 64.5 Å². The molecule has 0 bridgehead atoms. The molecule has 0 spiro atoms. The molecule has 3 N–H and O–H groups in total. The first kappa shape index (κ1) is 24.1. The normalized spacial score (nSPS) is 11.8. The van der Waals surface area contributed by atoms with E-state index in [-0.39, 0.29) is 22.7 Å². The quantitative estimate of drug-likeness (QED) is 0.449. The first-order chi connectivity index (χ1) is 15.7. The van der Waals surface area contributed by atoms with E-state index in [2.05, 4.69) is 25.8 Å². The number of para-hydroxylation sites is 2. The van der Waals surface area contributed by atoms with Crippen LogP contribution in [0, 0.1) is 17.6 Å². The number of nitrogens with zero attached hydrogens (tertiary/aromatic N) is 2. The molecule has 1 heterocycles. The van der Waals surface area contributed by atoms with E-state index in [1.54, 1.807) is 38.1 Å². The average molecular weight is 474 g/mol. The molecule has 33 heavy (non-hydrogen) atoms. The van der Waals surface area contributed by atoms with Gasteiger partial charge in [0.05, 0.1) is 10.9 Å². The molecule has 0 aliphatic rings. The molecule has 11 heteroatoms. The molecule has 0 fully saturated rings. The molecule has 172 valence electrons. The Balaban J connectivity index is 1.77. The van der Waals surface area contributed by atoms with E-state index in [1.807, 2.05) is 0 Å². The van der Waals surface area contributed by atoms with Crippen LogP contribution in [0.5, 0.6) is 0 Å². The number of benzene rings is 2. The van der Waals surface area contributed by atoms with Crippen LogP contribution in [-0.2, 0) is 9.59 Å². The zero-order valence-corrected chi connectivity index (χ0v) is 18.8. The van der Waals surface area contributed by atoms with Crippen molar-refractivity contribution in [2.24, 2.45) is 5.92 Å². The second kappa shape index (κ2) is 10.3. The number of nitrogens with one attached hydrogen (secondary N) is 3. The molecule has 1 aromatic heterocycles. The number of halogens is 2. The zero-order valence-electron chi connectivity index (χ0n) is 18.0. The van der Waals surface area contributed by atoms with Gasteiger partial charge in [0.2, 0.25) is 11.8 Å². The van der Waals surface area contributed by atoms with Crippen LogP contribution < -0.4 is 16.2 Å². The molecule has 3 aromatic rings.